The molecular weight excluding hydrogens is 671 g/mol. The van der Waals surface area contributed by atoms with Crippen LogP contribution in [0.1, 0.15) is 11.1 Å². The highest BCUT2D eigenvalue weighted by Gasteiger charge is 2.21. The molecule has 8 aromatic carbocycles. The van der Waals surface area contributed by atoms with E-state index in [1.165, 1.54) is 21.8 Å². The Kier molecular flexibility index (Phi) is 6.61. The van der Waals surface area contributed by atoms with Gasteiger partial charge in [-0.15, -0.1) is 0 Å². The molecule has 0 bridgehead atoms. The first kappa shape index (κ1) is 30.7. The maximum absolute atomic E-state index is 10.5. The van der Waals surface area contributed by atoms with Gasteiger partial charge in [0.1, 0.15) is 0 Å². The van der Waals surface area contributed by atoms with Gasteiger partial charge in [0.2, 0.25) is 0 Å². The third-order valence-corrected chi connectivity index (χ3v) is 11.1. The number of rotatable bonds is 4. The van der Waals surface area contributed by atoms with Gasteiger partial charge in [-0.05, 0) is 84.4 Å². The summed E-state index contributed by atoms with van der Waals surface area (Å²) in [6, 6.07) is 65.9. The molecule has 3 heterocycles. The number of fused-ring (bicyclic) bond motifs is 9. The van der Waals surface area contributed by atoms with Crippen LogP contribution < -0.4 is 0 Å². The first-order valence-corrected chi connectivity index (χ1v) is 18.3. The predicted octanol–water partition coefficient (Wildman–Crippen LogP) is 12.4. The topological polar surface area (TPSA) is 62.4 Å². The summed E-state index contributed by atoms with van der Waals surface area (Å²) < 4.78 is 6.88. The molecule has 0 saturated carbocycles. The van der Waals surface area contributed by atoms with Gasteiger partial charge in [0.15, 0.2) is 0 Å². The Bertz CT molecular complexity index is 3400. The van der Waals surface area contributed by atoms with Crippen LogP contribution in [0.5, 0.6) is 0 Å². The van der Waals surface area contributed by atoms with Crippen LogP contribution in [-0.2, 0) is 0 Å². The number of nitriles is 2. The lowest BCUT2D eigenvalue weighted by molar-refractivity contribution is 1.16. The minimum atomic E-state index is 0.605. The van der Waals surface area contributed by atoms with Gasteiger partial charge in [0.25, 0.3) is 0 Å². The van der Waals surface area contributed by atoms with E-state index in [0.29, 0.717) is 11.1 Å². The van der Waals surface area contributed by atoms with E-state index in [4.69, 9.17) is 0 Å². The highest BCUT2D eigenvalue weighted by atomic mass is 15.0. The fourth-order valence-electron chi connectivity index (χ4n) is 8.85. The second-order valence-corrected chi connectivity index (χ2v) is 13.9. The molecule has 0 aliphatic carbocycles. The molecule has 0 spiro atoms. The van der Waals surface area contributed by atoms with Gasteiger partial charge in [-0.1, -0.05) is 97.1 Å². The summed E-state index contributed by atoms with van der Waals surface area (Å²) in [5, 5.41) is 27.3. The molecule has 11 rings (SSSR count). The molecule has 11 aromatic rings. The van der Waals surface area contributed by atoms with Crippen molar-refractivity contribution >= 4 is 65.4 Å². The lowest BCUT2D eigenvalue weighted by atomic mass is 9.97. The van der Waals surface area contributed by atoms with Crippen molar-refractivity contribution in [3.63, 3.8) is 0 Å². The Morgan fingerprint density at radius 3 is 1.47 bits per heavy atom. The van der Waals surface area contributed by atoms with Crippen LogP contribution >= 0.6 is 0 Å². The lowest BCUT2D eigenvalue weighted by Gasteiger charge is -2.16. The minimum absolute atomic E-state index is 0.605. The van der Waals surface area contributed by atoms with Crippen molar-refractivity contribution in [2.75, 3.05) is 0 Å². The molecule has 3 aromatic heterocycles. The van der Waals surface area contributed by atoms with Gasteiger partial charge < -0.3 is 13.7 Å². The van der Waals surface area contributed by atoms with Crippen molar-refractivity contribution in [1.82, 2.24) is 13.7 Å². The lowest BCUT2D eigenvalue weighted by Crippen LogP contribution is -2.00. The average molecular weight is 700 g/mol. The minimum Gasteiger partial charge on any atom is -0.309 e. The first-order chi connectivity index (χ1) is 27.2. The monoisotopic (exact) mass is 699 g/mol. The SMILES string of the molecule is N#Cc1cccc(-n2c3ccccc3c3cc(-n4c5ccccc5c5ccccc54)ccc32)c1-c1ccc(-n2c3ccccc3c3c(C#N)cccc32)cc1. The van der Waals surface area contributed by atoms with Crippen LogP contribution in [0.15, 0.2) is 176 Å². The van der Waals surface area contributed by atoms with Crippen molar-refractivity contribution < 1.29 is 0 Å². The van der Waals surface area contributed by atoms with E-state index in [0.717, 1.165) is 71.8 Å². The van der Waals surface area contributed by atoms with Crippen molar-refractivity contribution in [3.8, 4) is 40.3 Å². The van der Waals surface area contributed by atoms with Crippen molar-refractivity contribution in [2.45, 2.75) is 0 Å². The Hall–Kier alpha value is -7.86. The van der Waals surface area contributed by atoms with Gasteiger partial charge in [-0.3, -0.25) is 0 Å². The third-order valence-electron chi connectivity index (χ3n) is 11.1. The smallest absolute Gasteiger partial charge is 0.0998 e. The standard InChI is InChI=1S/C50H29N5/c51-30-33-11-9-21-47(49(33)32-23-25-35(26-24-32)53-45-20-8-4-16-40(45)50-34(31-52)12-10-22-48(50)53)55-44-19-7-3-15-39(44)41-29-36(27-28-46(41)55)54-42-17-5-1-13-37(42)38-14-2-6-18-43(38)54/h1-29H. The number of hydrogen-bond donors (Lipinski definition) is 0. The second-order valence-electron chi connectivity index (χ2n) is 13.9. The first-order valence-electron chi connectivity index (χ1n) is 18.3. The summed E-state index contributed by atoms with van der Waals surface area (Å²) in [7, 11) is 0. The quantitative estimate of drug-likeness (QED) is 0.184. The Labute approximate surface area is 316 Å². The molecule has 0 saturated heterocycles. The zero-order chi connectivity index (χ0) is 36.6. The number of benzene rings is 8. The summed E-state index contributed by atoms with van der Waals surface area (Å²) in [6.07, 6.45) is 0. The molecule has 0 radical (unpaired) electrons. The summed E-state index contributed by atoms with van der Waals surface area (Å²) in [5.74, 6) is 0. The molecular formula is C50H29N5. The molecule has 55 heavy (non-hydrogen) atoms. The van der Waals surface area contributed by atoms with E-state index < -0.39 is 0 Å². The van der Waals surface area contributed by atoms with E-state index in [-0.39, 0.29) is 0 Å². The molecule has 5 nitrogen and oxygen atoms in total. The van der Waals surface area contributed by atoms with Crippen LogP contribution in [0.3, 0.4) is 0 Å². The Balaban J connectivity index is 1.11. The molecule has 0 aliphatic heterocycles. The molecule has 0 amide bonds. The predicted molar refractivity (Wildman–Crippen MR) is 224 cm³/mol. The van der Waals surface area contributed by atoms with Gasteiger partial charge in [-0.2, -0.15) is 10.5 Å². The van der Waals surface area contributed by atoms with Crippen LogP contribution in [0.2, 0.25) is 0 Å². The molecule has 0 N–H and O–H groups in total. The molecule has 5 heteroatoms. The largest absolute Gasteiger partial charge is 0.309 e. The zero-order valence-corrected chi connectivity index (χ0v) is 29.5. The summed E-state index contributed by atoms with van der Waals surface area (Å²) in [5.41, 5.74) is 12.6. The summed E-state index contributed by atoms with van der Waals surface area (Å²) in [4.78, 5) is 0. The van der Waals surface area contributed by atoms with Crippen LogP contribution in [0.4, 0.5) is 0 Å². The van der Waals surface area contributed by atoms with E-state index >= 15 is 0 Å². The number of nitrogens with zero attached hydrogens (tertiary/aromatic N) is 5. The third kappa shape index (κ3) is 4.39. The van der Waals surface area contributed by atoms with Gasteiger partial charge >= 0.3 is 0 Å². The van der Waals surface area contributed by atoms with Gasteiger partial charge in [0.05, 0.1) is 62.1 Å². The van der Waals surface area contributed by atoms with Crippen LogP contribution in [0, 0.1) is 22.7 Å². The molecule has 0 atom stereocenters. The number of aromatic nitrogens is 3. The van der Waals surface area contributed by atoms with Crippen molar-refractivity contribution in [2.24, 2.45) is 0 Å². The second kappa shape index (κ2) is 11.8. The zero-order valence-electron chi connectivity index (χ0n) is 29.5. The van der Waals surface area contributed by atoms with Crippen LogP contribution in [-0.4, -0.2) is 13.7 Å². The summed E-state index contributed by atoms with van der Waals surface area (Å²) >= 11 is 0. The molecule has 254 valence electrons. The Morgan fingerprint density at radius 1 is 0.345 bits per heavy atom. The van der Waals surface area contributed by atoms with Crippen molar-refractivity contribution in [1.29, 1.82) is 10.5 Å². The normalized spacial score (nSPS) is 11.6. The van der Waals surface area contributed by atoms with Gasteiger partial charge in [0, 0.05) is 49.3 Å². The average Bonchev–Trinajstić information content (AvgIpc) is 3.89. The van der Waals surface area contributed by atoms with E-state index in [1.807, 2.05) is 36.4 Å². The van der Waals surface area contributed by atoms with E-state index in [1.54, 1.807) is 0 Å². The summed E-state index contributed by atoms with van der Waals surface area (Å²) in [6.45, 7) is 0. The fraction of sp³-hybridized carbons (Fsp3) is 0. The molecule has 0 unspecified atom stereocenters. The van der Waals surface area contributed by atoms with Crippen molar-refractivity contribution in [3.05, 3.63) is 187 Å². The van der Waals surface area contributed by atoms with E-state index in [2.05, 4.69) is 165 Å². The highest BCUT2D eigenvalue weighted by Crippen LogP contribution is 2.41. The maximum atomic E-state index is 10.5. The molecule has 0 aliphatic rings. The number of para-hydroxylation sites is 4. The maximum Gasteiger partial charge on any atom is 0.0998 e. The van der Waals surface area contributed by atoms with Crippen LogP contribution in [0.25, 0.3) is 93.6 Å². The Morgan fingerprint density at radius 2 is 0.818 bits per heavy atom. The molecule has 0 fully saturated rings. The van der Waals surface area contributed by atoms with Gasteiger partial charge in [-0.25, -0.2) is 0 Å². The van der Waals surface area contributed by atoms with E-state index in [9.17, 15) is 10.5 Å². The highest BCUT2D eigenvalue weighted by molar-refractivity contribution is 6.13. The number of hydrogen-bond acceptors (Lipinski definition) is 2. The fourth-order valence-corrected chi connectivity index (χ4v) is 8.85.